The molecule has 1 aromatic carbocycles. The Hall–Kier alpha value is -0.900. The van der Waals surface area contributed by atoms with Gasteiger partial charge in [-0.25, -0.2) is 4.39 Å². The average molecular weight is 338 g/mol. The molecule has 0 amide bonds. The predicted molar refractivity (Wildman–Crippen MR) is 92.8 cm³/mol. The SMILES string of the molecule is CC(C)(C)[S@](=O)CC(c1ccc(F)c(OCC2CC2)c1)C1CC1. The Morgan fingerprint density at radius 3 is 2.52 bits per heavy atom. The van der Waals surface area contributed by atoms with Gasteiger partial charge in [0.2, 0.25) is 0 Å². The van der Waals surface area contributed by atoms with E-state index in [0.717, 1.165) is 5.56 Å². The highest BCUT2D eigenvalue weighted by Gasteiger charge is 2.36. The van der Waals surface area contributed by atoms with E-state index in [1.165, 1.54) is 31.7 Å². The first-order chi connectivity index (χ1) is 10.8. The minimum atomic E-state index is -0.896. The Labute approximate surface area is 141 Å². The van der Waals surface area contributed by atoms with Crippen LogP contribution in [0, 0.1) is 17.7 Å². The van der Waals surface area contributed by atoms with Crippen LogP contribution in [-0.4, -0.2) is 21.3 Å². The van der Waals surface area contributed by atoms with Crippen molar-refractivity contribution in [2.45, 2.75) is 57.1 Å². The summed E-state index contributed by atoms with van der Waals surface area (Å²) in [5, 5.41) is 0. The fraction of sp³-hybridized carbons (Fsp3) is 0.684. The molecule has 1 aromatic rings. The Kier molecular flexibility index (Phi) is 4.82. The molecule has 1 unspecified atom stereocenters. The molecule has 128 valence electrons. The molecular formula is C19H27FO2S. The van der Waals surface area contributed by atoms with Crippen molar-refractivity contribution in [3.63, 3.8) is 0 Å². The van der Waals surface area contributed by atoms with Crippen LogP contribution in [0.3, 0.4) is 0 Å². The summed E-state index contributed by atoms with van der Waals surface area (Å²) in [6.07, 6.45) is 4.75. The number of hydrogen-bond acceptors (Lipinski definition) is 2. The lowest BCUT2D eigenvalue weighted by atomic mass is 9.96. The van der Waals surface area contributed by atoms with E-state index in [1.807, 2.05) is 32.9 Å². The molecule has 0 bridgehead atoms. The number of rotatable bonds is 7. The molecular weight excluding hydrogens is 311 g/mol. The van der Waals surface area contributed by atoms with Crippen LogP contribution in [0.25, 0.3) is 0 Å². The van der Waals surface area contributed by atoms with Crippen molar-refractivity contribution in [1.29, 1.82) is 0 Å². The largest absolute Gasteiger partial charge is 0.490 e. The highest BCUT2D eigenvalue weighted by atomic mass is 32.2. The molecule has 2 nitrogen and oxygen atoms in total. The first-order valence-corrected chi connectivity index (χ1v) is 9.97. The van der Waals surface area contributed by atoms with Gasteiger partial charge >= 0.3 is 0 Å². The Balaban J connectivity index is 1.76. The lowest BCUT2D eigenvalue weighted by Gasteiger charge is -2.23. The highest BCUT2D eigenvalue weighted by Crippen LogP contribution is 2.44. The summed E-state index contributed by atoms with van der Waals surface area (Å²) in [5.74, 6) is 2.16. The summed E-state index contributed by atoms with van der Waals surface area (Å²) < 4.78 is 32.0. The standard InChI is InChI=1S/C19H27FO2S/c1-19(2,3)23(21)12-16(14-6-7-14)15-8-9-17(20)18(10-15)22-11-13-4-5-13/h8-10,13-14,16H,4-7,11-12H2,1-3H3/t16?,23-/m1/s1. The van der Waals surface area contributed by atoms with Crippen LogP contribution in [0.15, 0.2) is 18.2 Å². The molecule has 23 heavy (non-hydrogen) atoms. The van der Waals surface area contributed by atoms with Gasteiger partial charge in [-0.05, 0) is 81.9 Å². The van der Waals surface area contributed by atoms with Crippen LogP contribution in [-0.2, 0) is 10.8 Å². The lowest BCUT2D eigenvalue weighted by molar-refractivity contribution is 0.285. The third-order valence-corrected chi connectivity index (χ3v) is 6.79. The van der Waals surface area contributed by atoms with E-state index in [0.29, 0.717) is 29.9 Å². The highest BCUT2D eigenvalue weighted by molar-refractivity contribution is 7.86. The summed E-state index contributed by atoms with van der Waals surface area (Å²) in [5.41, 5.74) is 1.08. The van der Waals surface area contributed by atoms with E-state index in [2.05, 4.69) is 0 Å². The second-order valence-electron chi connectivity index (χ2n) is 8.01. The maximum absolute atomic E-state index is 14.0. The molecule has 0 N–H and O–H groups in total. The smallest absolute Gasteiger partial charge is 0.165 e. The van der Waals surface area contributed by atoms with Crippen LogP contribution in [0.5, 0.6) is 5.75 Å². The van der Waals surface area contributed by atoms with Crippen LogP contribution in [0.2, 0.25) is 0 Å². The van der Waals surface area contributed by atoms with Crippen molar-refractivity contribution in [3.05, 3.63) is 29.6 Å². The lowest BCUT2D eigenvalue weighted by Crippen LogP contribution is -2.27. The second kappa shape index (κ2) is 6.54. The first kappa shape index (κ1) is 16.9. The van der Waals surface area contributed by atoms with E-state index >= 15 is 0 Å². The van der Waals surface area contributed by atoms with Crippen LogP contribution >= 0.6 is 0 Å². The molecule has 2 atom stereocenters. The minimum absolute atomic E-state index is 0.210. The topological polar surface area (TPSA) is 26.3 Å². The van der Waals surface area contributed by atoms with Crippen LogP contribution in [0.1, 0.15) is 57.9 Å². The van der Waals surface area contributed by atoms with Crippen LogP contribution < -0.4 is 4.74 Å². The van der Waals surface area contributed by atoms with Crippen molar-refractivity contribution in [2.75, 3.05) is 12.4 Å². The third kappa shape index (κ3) is 4.56. The Morgan fingerprint density at radius 2 is 1.96 bits per heavy atom. The van der Waals surface area contributed by atoms with E-state index in [9.17, 15) is 8.60 Å². The Bertz CT molecular complexity index is 586. The molecule has 3 rings (SSSR count). The Morgan fingerprint density at radius 1 is 1.26 bits per heavy atom. The quantitative estimate of drug-likeness (QED) is 0.723. The van der Waals surface area contributed by atoms with Crippen molar-refractivity contribution in [1.82, 2.24) is 0 Å². The zero-order valence-electron chi connectivity index (χ0n) is 14.3. The number of ether oxygens (including phenoxy) is 1. The summed E-state index contributed by atoms with van der Waals surface area (Å²) >= 11 is 0. The predicted octanol–water partition coefficient (Wildman–Crippen LogP) is 4.66. The molecule has 4 heteroatoms. The molecule has 0 saturated heterocycles. The zero-order valence-corrected chi connectivity index (χ0v) is 15.1. The fourth-order valence-corrected chi connectivity index (χ4v) is 4.06. The molecule has 0 heterocycles. The number of benzene rings is 1. The molecule has 2 saturated carbocycles. The van der Waals surface area contributed by atoms with Gasteiger partial charge in [-0.2, -0.15) is 0 Å². The minimum Gasteiger partial charge on any atom is -0.490 e. The maximum atomic E-state index is 14.0. The van der Waals surface area contributed by atoms with E-state index in [4.69, 9.17) is 4.74 Å². The molecule has 2 fully saturated rings. The van der Waals surface area contributed by atoms with Gasteiger partial charge in [0.1, 0.15) is 0 Å². The van der Waals surface area contributed by atoms with Crippen molar-refractivity contribution >= 4 is 10.8 Å². The summed E-state index contributed by atoms with van der Waals surface area (Å²) in [6.45, 7) is 6.66. The molecule has 2 aliphatic carbocycles. The van der Waals surface area contributed by atoms with Crippen molar-refractivity contribution in [2.24, 2.45) is 11.8 Å². The van der Waals surface area contributed by atoms with Crippen molar-refractivity contribution in [3.8, 4) is 5.75 Å². The van der Waals surface area contributed by atoms with Gasteiger partial charge < -0.3 is 4.74 Å². The summed E-state index contributed by atoms with van der Waals surface area (Å²) in [4.78, 5) is 0. The second-order valence-corrected chi connectivity index (χ2v) is 10.3. The normalized spacial score (nSPS) is 21.0. The van der Waals surface area contributed by atoms with Gasteiger partial charge in [-0.3, -0.25) is 4.21 Å². The van der Waals surface area contributed by atoms with Crippen LogP contribution in [0.4, 0.5) is 4.39 Å². The van der Waals surface area contributed by atoms with Gasteiger partial charge in [0, 0.05) is 21.3 Å². The van der Waals surface area contributed by atoms with Gasteiger partial charge in [0.25, 0.3) is 0 Å². The maximum Gasteiger partial charge on any atom is 0.165 e. The fourth-order valence-electron chi connectivity index (χ4n) is 2.77. The first-order valence-electron chi connectivity index (χ1n) is 8.65. The molecule has 0 aliphatic heterocycles. The molecule has 2 aliphatic rings. The third-order valence-electron chi connectivity index (χ3n) is 4.76. The van der Waals surface area contributed by atoms with Gasteiger partial charge in [0.05, 0.1) is 6.61 Å². The van der Waals surface area contributed by atoms with E-state index in [-0.39, 0.29) is 16.5 Å². The number of hydrogen-bond donors (Lipinski definition) is 0. The van der Waals surface area contributed by atoms with Gasteiger partial charge in [0.15, 0.2) is 11.6 Å². The van der Waals surface area contributed by atoms with Gasteiger partial charge in [-0.15, -0.1) is 0 Å². The molecule has 0 radical (unpaired) electrons. The monoisotopic (exact) mass is 338 g/mol. The molecule has 0 spiro atoms. The van der Waals surface area contributed by atoms with E-state index in [1.54, 1.807) is 0 Å². The summed E-state index contributed by atoms with van der Waals surface area (Å²) in [6, 6.07) is 5.20. The zero-order chi connectivity index (χ0) is 16.6. The van der Waals surface area contributed by atoms with E-state index < -0.39 is 10.8 Å². The van der Waals surface area contributed by atoms with Crippen molar-refractivity contribution < 1.29 is 13.3 Å². The average Bonchev–Trinajstić information content (AvgIpc) is 3.36. The summed E-state index contributed by atoms with van der Waals surface area (Å²) in [7, 11) is -0.896. The van der Waals surface area contributed by atoms with Gasteiger partial charge in [-0.1, -0.05) is 6.07 Å². The number of halogens is 1. The molecule has 0 aromatic heterocycles.